The van der Waals surface area contributed by atoms with E-state index in [1.807, 2.05) is 6.92 Å². The smallest absolute Gasteiger partial charge is 0.273 e. The summed E-state index contributed by atoms with van der Waals surface area (Å²) in [6.45, 7) is 7.02. The molecule has 7 heteroatoms. The van der Waals surface area contributed by atoms with Gasteiger partial charge in [0.1, 0.15) is 5.76 Å². The van der Waals surface area contributed by atoms with Gasteiger partial charge in [-0.2, -0.15) is 0 Å². The summed E-state index contributed by atoms with van der Waals surface area (Å²) < 4.78 is 32.1. The molecular weight excluding hydrogens is 290 g/mol. The molecule has 1 saturated heterocycles. The summed E-state index contributed by atoms with van der Waals surface area (Å²) in [6.07, 6.45) is 3.34. The van der Waals surface area contributed by atoms with Crippen LogP contribution in [0.3, 0.4) is 0 Å². The summed E-state index contributed by atoms with van der Waals surface area (Å²) >= 11 is 0. The maximum atomic E-state index is 12.1. The summed E-state index contributed by atoms with van der Waals surface area (Å²) in [5.41, 5.74) is 0. The van der Waals surface area contributed by atoms with Crippen molar-refractivity contribution in [3.05, 3.63) is 17.9 Å². The van der Waals surface area contributed by atoms with Crippen molar-refractivity contribution in [3.63, 3.8) is 0 Å². The normalized spacial score (nSPS) is 16.6. The van der Waals surface area contributed by atoms with Crippen molar-refractivity contribution in [1.82, 2.24) is 14.9 Å². The van der Waals surface area contributed by atoms with Crippen molar-refractivity contribution in [2.24, 2.45) is 0 Å². The second-order valence-electron chi connectivity index (χ2n) is 5.30. The summed E-state index contributed by atoms with van der Waals surface area (Å²) in [4.78, 5) is 2.37. The summed E-state index contributed by atoms with van der Waals surface area (Å²) in [7, 11) is -3.52. The van der Waals surface area contributed by atoms with Crippen LogP contribution in [0.25, 0.3) is 0 Å². The molecular formula is C14H25N3O3S. The highest BCUT2D eigenvalue weighted by atomic mass is 32.2. The quantitative estimate of drug-likeness (QED) is 0.669. The van der Waals surface area contributed by atoms with Crippen LogP contribution >= 0.6 is 0 Å². The maximum Gasteiger partial charge on any atom is 0.273 e. The summed E-state index contributed by atoms with van der Waals surface area (Å²) in [5.74, 6) is 0.634. The molecule has 0 aromatic carbocycles. The van der Waals surface area contributed by atoms with Crippen LogP contribution < -0.4 is 10.0 Å². The van der Waals surface area contributed by atoms with Crippen LogP contribution in [-0.2, 0) is 16.6 Å². The van der Waals surface area contributed by atoms with Gasteiger partial charge in [0.05, 0.1) is 6.54 Å². The standard InChI is InChI=1S/C14H25N3O3S/c1-2-15-12-13-6-7-14(20-13)21(18,19)16-8-5-11-17-9-3-4-10-17/h6-7,15-16H,2-5,8-12H2,1H3. The molecule has 0 spiro atoms. The lowest BCUT2D eigenvalue weighted by atomic mass is 10.4. The van der Waals surface area contributed by atoms with E-state index in [1.54, 1.807) is 6.07 Å². The van der Waals surface area contributed by atoms with Gasteiger partial charge >= 0.3 is 0 Å². The minimum Gasteiger partial charge on any atom is -0.447 e. The van der Waals surface area contributed by atoms with Crippen molar-refractivity contribution < 1.29 is 12.8 Å². The molecule has 0 atom stereocenters. The number of furan rings is 1. The fraction of sp³-hybridized carbons (Fsp3) is 0.714. The first-order valence-corrected chi connectivity index (χ1v) is 9.11. The zero-order chi connectivity index (χ0) is 15.1. The molecule has 1 aliphatic heterocycles. The van der Waals surface area contributed by atoms with E-state index in [0.717, 1.165) is 32.6 Å². The Bertz CT molecular complexity index is 521. The van der Waals surface area contributed by atoms with E-state index in [9.17, 15) is 8.42 Å². The monoisotopic (exact) mass is 315 g/mol. The first-order valence-electron chi connectivity index (χ1n) is 7.63. The third-order valence-corrected chi connectivity index (χ3v) is 4.93. The first kappa shape index (κ1) is 16.5. The van der Waals surface area contributed by atoms with Gasteiger partial charge in [-0.15, -0.1) is 0 Å². The number of hydrogen-bond donors (Lipinski definition) is 2. The van der Waals surface area contributed by atoms with Crippen LogP contribution in [0.15, 0.2) is 21.6 Å². The van der Waals surface area contributed by atoms with Gasteiger partial charge in [0, 0.05) is 6.54 Å². The molecule has 1 aliphatic rings. The first-order chi connectivity index (χ1) is 10.1. The third kappa shape index (κ3) is 5.10. The molecule has 0 bridgehead atoms. The molecule has 0 amide bonds. The fourth-order valence-corrected chi connectivity index (χ4v) is 3.45. The number of rotatable bonds is 9. The van der Waals surface area contributed by atoms with Gasteiger partial charge in [0.15, 0.2) is 0 Å². The Kier molecular flexibility index (Phi) is 6.22. The van der Waals surface area contributed by atoms with Gasteiger partial charge < -0.3 is 14.6 Å². The van der Waals surface area contributed by atoms with E-state index in [4.69, 9.17) is 4.42 Å². The molecule has 0 unspecified atom stereocenters. The second kappa shape index (κ2) is 7.93. The molecule has 6 nitrogen and oxygen atoms in total. The Morgan fingerprint density at radius 2 is 2.05 bits per heavy atom. The lowest BCUT2D eigenvalue weighted by molar-refractivity contribution is 0.334. The Labute approximate surface area is 126 Å². The summed E-state index contributed by atoms with van der Waals surface area (Å²) in [5, 5.41) is 3.10. The van der Waals surface area contributed by atoms with Gasteiger partial charge in [-0.1, -0.05) is 6.92 Å². The molecule has 1 aromatic rings. The largest absolute Gasteiger partial charge is 0.447 e. The van der Waals surface area contributed by atoms with E-state index >= 15 is 0 Å². The molecule has 2 N–H and O–H groups in total. The molecule has 0 radical (unpaired) electrons. The topological polar surface area (TPSA) is 74.6 Å². The van der Waals surface area contributed by atoms with Crippen LogP contribution in [0.5, 0.6) is 0 Å². The minimum absolute atomic E-state index is 0.00317. The van der Waals surface area contributed by atoms with E-state index in [0.29, 0.717) is 18.8 Å². The molecule has 2 rings (SSSR count). The minimum atomic E-state index is -3.52. The Morgan fingerprint density at radius 1 is 1.29 bits per heavy atom. The van der Waals surface area contributed by atoms with Crippen molar-refractivity contribution in [2.45, 2.75) is 37.8 Å². The average Bonchev–Trinajstić information content (AvgIpc) is 3.13. The second-order valence-corrected chi connectivity index (χ2v) is 7.00. The van der Waals surface area contributed by atoms with Crippen molar-refractivity contribution in [2.75, 3.05) is 32.7 Å². The molecule has 21 heavy (non-hydrogen) atoms. The van der Waals surface area contributed by atoms with Crippen molar-refractivity contribution in [3.8, 4) is 0 Å². The lowest BCUT2D eigenvalue weighted by Crippen LogP contribution is -2.28. The van der Waals surface area contributed by atoms with E-state index in [2.05, 4.69) is 14.9 Å². The van der Waals surface area contributed by atoms with Gasteiger partial charge in [-0.05, 0) is 57.6 Å². The van der Waals surface area contributed by atoms with Crippen LogP contribution in [0.4, 0.5) is 0 Å². The van der Waals surface area contributed by atoms with Crippen molar-refractivity contribution >= 4 is 10.0 Å². The van der Waals surface area contributed by atoms with Crippen LogP contribution in [0, 0.1) is 0 Å². The Hall–Kier alpha value is -0.890. The van der Waals surface area contributed by atoms with Gasteiger partial charge in [0.25, 0.3) is 10.0 Å². The number of sulfonamides is 1. The predicted octanol–water partition coefficient (Wildman–Crippen LogP) is 1.15. The summed E-state index contributed by atoms with van der Waals surface area (Å²) in [6, 6.07) is 3.21. The van der Waals surface area contributed by atoms with Gasteiger partial charge in [0.2, 0.25) is 5.09 Å². The number of hydrogen-bond acceptors (Lipinski definition) is 5. The molecule has 1 aromatic heterocycles. The number of nitrogens with zero attached hydrogens (tertiary/aromatic N) is 1. The Morgan fingerprint density at radius 3 is 2.76 bits per heavy atom. The molecule has 0 aliphatic carbocycles. The maximum absolute atomic E-state index is 12.1. The van der Waals surface area contributed by atoms with Gasteiger partial charge in [-0.3, -0.25) is 0 Å². The highest BCUT2D eigenvalue weighted by molar-refractivity contribution is 7.89. The molecule has 1 fully saturated rings. The SMILES string of the molecule is CCNCc1ccc(S(=O)(=O)NCCCN2CCCC2)o1. The predicted molar refractivity (Wildman–Crippen MR) is 81.6 cm³/mol. The highest BCUT2D eigenvalue weighted by Crippen LogP contribution is 2.13. The zero-order valence-electron chi connectivity index (χ0n) is 12.6. The van der Waals surface area contributed by atoms with Crippen LogP contribution in [0.2, 0.25) is 0 Å². The third-order valence-electron chi connectivity index (χ3n) is 3.59. The van der Waals surface area contributed by atoms with Crippen molar-refractivity contribution in [1.29, 1.82) is 0 Å². The van der Waals surface area contributed by atoms with E-state index < -0.39 is 10.0 Å². The molecule has 0 saturated carbocycles. The number of likely N-dealkylation sites (tertiary alicyclic amines) is 1. The van der Waals surface area contributed by atoms with E-state index in [-0.39, 0.29) is 5.09 Å². The van der Waals surface area contributed by atoms with Crippen LogP contribution in [-0.4, -0.2) is 46.0 Å². The fourth-order valence-electron chi connectivity index (χ4n) is 2.43. The molecule has 2 heterocycles. The number of nitrogens with one attached hydrogen (secondary N) is 2. The Balaban J connectivity index is 1.76. The van der Waals surface area contributed by atoms with E-state index in [1.165, 1.54) is 18.9 Å². The highest BCUT2D eigenvalue weighted by Gasteiger charge is 2.18. The average molecular weight is 315 g/mol. The zero-order valence-corrected chi connectivity index (χ0v) is 13.4. The molecule has 120 valence electrons. The lowest BCUT2D eigenvalue weighted by Gasteiger charge is -2.13. The van der Waals surface area contributed by atoms with Crippen LogP contribution in [0.1, 0.15) is 31.9 Å². The van der Waals surface area contributed by atoms with Gasteiger partial charge in [-0.25, -0.2) is 13.1 Å².